The summed E-state index contributed by atoms with van der Waals surface area (Å²) in [6, 6.07) is 10.5. The van der Waals surface area contributed by atoms with Crippen LogP contribution in [-0.4, -0.2) is 26.0 Å². The van der Waals surface area contributed by atoms with Gasteiger partial charge in [-0.25, -0.2) is 0 Å². The normalized spacial score (nSPS) is 15.5. The number of amides is 2. The largest absolute Gasteiger partial charge is 0.496 e. The number of methoxy groups -OCH3 is 2. The molecule has 0 fully saturated rings. The summed E-state index contributed by atoms with van der Waals surface area (Å²) >= 11 is 0. The molecule has 1 aliphatic heterocycles. The van der Waals surface area contributed by atoms with E-state index in [9.17, 15) is 9.59 Å². The molecular formula is C18H18N2O4. The van der Waals surface area contributed by atoms with Crippen LogP contribution in [0.5, 0.6) is 11.5 Å². The van der Waals surface area contributed by atoms with Crippen LogP contribution in [0.1, 0.15) is 28.8 Å². The molecule has 0 spiro atoms. The van der Waals surface area contributed by atoms with Crippen LogP contribution >= 0.6 is 0 Å². The molecule has 0 saturated carbocycles. The van der Waals surface area contributed by atoms with Crippen molar-refractivity contribution >= 4 is 23.2 Å². The van der Waals surface area contributed by atoms with E-state index in [0.29, 0.717) is 22.7 Å². The molecule has 0 aliphatic carbocycles. The Kier molecular flexibility index (Phi) is 4.12. The van der Waals surface area contributed by atoms with E-state index in [-0.39, 0.29) is 17.7 Å². The topological polar surface area (TPSA) is 76.7 Å². The highest BCUT2D eigenvalue weighted by Crippen LogP contribution is 2.35. The molecule has 1 heterocycles. The summed E-state index contributed by atoms with van der Waals surface area (Å²) in [5.74, 6) is 0.239. The number of rotatable bonds is 4. The van der Waals surface area contributed by atoms with Gasteiger partial charge < -0.3 is 20.1 Å². The molecule has 2 amide bonds. The summed E-state index contributed by atoms with van der Waals surface area (Å²) in [5.41, 5.74) is 2.57. The van der Waals surface area contributed by atoms with Gasteiger partial charge in [0.05, 0.1) is 20.1 Å². The van der Waals surface area contributed by atoms with E-state index in [2.05, 4.69) is 10.6 Å². The van der Waals surface area contributed by atoms with Gasteiger partial charge in [-0.05, 0) is 42.8 Å². The Morgan fingerprint density at radius 3 is 2.42 bits per heavy atom. The van der Waals surface area contributed by atoms with E-state index in [1.165, 1.54) is 14.2 Å². The fourth-order valence-electron chi connectivity index (χ4n) is 2.76. The van der Waals surface area contributed by atoms with Gasteiger partial charge in [-0.2, -0.15) is 0 Å². The number of carbonyl (C=O) groups excluding carboxylic acids is 2. The number of carbonyl (C=O) groups is 2. The lowest BCUT2D eigenvalue weighted by atomic mass is 10.0. The summed E-state index contributed by atoms with van der Waals surface area (Å²) in [5, 5.41) is 5.64. The van der Waals surface area contributed by atoms with Gasteiger partial charge >= 0.3 is 0 Å². The molecule has 2 aromatic rings. The molecule has 1 atom stereocenters. The van der Waals surface area contributed by atoms with Crippen molar-refractivity contribution in [1.82, 2.24) is 0 Å². The summed E-state index contributed by atoms with van der Waals surface area (Å²) in [6.45, 7) is 1.83. The third-order valence-corrected chi connectivity index (χ3v) is 4.08. The van der Waals surface area contributed by atoms with Gasteiger partial charge in [0.1, 0.15) is 17.1 Å². The molecule has 6 heteroatoms. The van der Waals surface area contributed by atoms with Crippen molar-refractivity contribution in [2.45, 2.75) is 12.8 Å². The van der Waals surface area contributed by atoms with E-state index < -0.39 is 0 Å². The van der Waals surface area contributed by atoms with Crippen molar-refractivity contribution in [2.24, 2.45) is 0 Å². The first-order valence-corrected chi connectivity index (χ1v) is 7.52. The van der Waals surface area contributed by atoms with Crippen molar-refractivity contribution in [3.05, 3.63) is 47.5 Å². The highest BCUT2D eigenvalue weighted by Gasteiger charge is 2.27. The van der Waals surface area contributed by atoms with Gasteiger partial charge in [-0.1, -0.05) is 6.07 Å². The molecule has 1 aliphatic rings. The maximum Gasteiger partial charge on any atom is 0.263 e. The van der Waals surface area contributed by atoms with Crippen LogP contribution in [0.3, 0.4) is 0 Å². The number of anilines is 2. The Labute approximate surface area is 139 Å². The third-order valence-electron chi connectivity index (χ3n) is 4.08. The van der Waals surface area contributed by atoms with Gasteiger partial charge in [0.25, 0.3) is 5.91 Å². The number of nitrogens with one attached hydrogen (secondary N) is 2. The molecule has 1 unspecified atom stereocenters. The van der Waals surface area contributed by atoms with Crippen molar-refractivity contribution in [2.75, 3.05) is 24.9 Å². The molecule has 0 bridgehead atoms. The number of fused-ring (bicyclic) bond motifs is 1. The second kappa shape index (κ2) is 6.23. The molecule has 0 saturated heterocycles. The Hall–Kier alpha value is -3.02. The molecule has 3 rings (SSSR count). The molecule has 24 heavy (non-hydrogen) atoms. The van der Waals surface area contributed by atoms with Gasteiger partial charge in [0.2, 0.25) is 5.91 Å². The highest BCUT2D eigenvalue weighted by atomic mass is 16.5. The summed E-state index contributed by atoms with van der Waals surface area (Å²) in [6.07, 6.45) is 0. The minimum Gasteiger partial charge on any atom is -0.496 e. The first-order valence-electron chi connectivity index (χ1n) is 7.52. The number of benzene rings is 2. The molecule has 6 nitrogen and oxygen atoms in total. The monoisotopic (exact) mass is 326 g/mol. The molecular weight excluding hydrogens is 308 g/mol. The average molecular weight is 326 g/mol. The molecule has 0 radical (unpaired) electrons. The minimum absolute atomic E-state index is 0.0418. The van der Waals surface area contributed by atoms with Crippen LogP contribution in [0.15, 0.2) is 36.4 Å². The van der Waals surface area contributed by atoms with Crippen LogP contribution in [-0.2, 0) is 4.79 Å². The van der Waals surface area contributed by atoms with Crippen molar-refractivity contribution < 1.29 is 19.1 Å². The van der Waals surface area contributed by atoms with E-state index in [0.717, 1.165) is 11.3 Å². The summed E-state index contributed by atoms with van der Waals surface area (Å²) in [4.78, 5) is 24.4. The number of ether oxygens (including phenoxy) is 2. The smallest absolute Gasteiger partial charge is 0.263 e. The first kappa shape index (κ1) is 15.9. The van der Waals surface area contributed by atoms with Crippen LogP contribution in [0.2, 0.25) is 0 Å². The quantitative estimate of drug-likeness (QED) is 0.905. The fraction of sp³-hybridized carbons (Fsp3) is 0.222. The predicted octanol–water partition coefficient (Wildman–Crippen LogP) is 3.01. The van der Waals surface area contributed by atoms with Crippen LogP contribution < -0.4 is 20.1 Å². The van der Waals surface area contributed by atoms with Gasteiger partial charge in [-0.15, -0.1) is 0 Å². The van der Waals surface area contributed by atoms with Crippen LogP contribution in [0.4, 0.5) is 11.4 Å². The van der Waals surface area contributed by atoms with Gasteiger partial charge in [0, 0.05) is 11.4 Å². The maximum atomic E-state index is 12.7. The van der Waals surface area contributed by atoms with Crippen LogP contribution in [0.25, 0.3) is 0 Å². The fourth-order valence-corrected chi connectivity index (χ4v) is 2.76. The van der Waals surface area contributed by atoms with Gasteiger partial charge in [-0.3, -0.25) is 9.59 Å². The first-order chi connectivity index (χ1) is 11.5. The summed E-state index contributed by atoms with van der Waals surface area (Å²) in [7, 11) is 3.00. The van der Waals surface area contributed by atoms with E-state index in [1.54, 1.807) is 36.4 Å². The number of hydrogen-bond donors (Lipinski definition) is 2. The lowest BCUT2D eigenvalue weighted by molar-refractivity contribution is -0.116. The molecule has 2 N–H and O–H groups in total. The zero-order valence-corrected chi connectivity index (χ0v) is 13.7. The lowest BCUT2D eigenvalue weighted by Crippen LogP contribution is -2.14. The maximum absolute atomic E-state index is 12.7. The third kappa shape index (κ3) is 2.67. The second-order valence-electron chi connectivity index (χ2n) is 5.50. The second-order valence-corrected chi connectivity index (χ2v) is 5.50. The Bertz CT molecular complexity index is 794. The predicted molar refractivity (Wildman–Crippen MR) is 91.0 cm³/mol. The van der Waals surface area contributed by atoms with Crippen LogP contribution in [0, 0.1) is 0 Å². The Morgan fingerprint density at radius 1 is 1.12 bits per heavy atom. The Morgan fingerprint density at radius 2 is 1.79 bits per heavy atom. The number of hydrogen-bond acceptors (Lipinski definition) is 4. The highest BCUT2D eigenvalue weighted by molar-refractivity contribution is 6.09. The van der Waals surface area contributed by atoms with Gasteiger partial charge in [0.15, 0.2) is 0 Å². The van der Waals surface area contributed by atoms with Crippen molar-refractivity contribution in [3.8, 4) is 11.5 Å². The van der Waals surface area contributed by atoms with Crippen molar-refractivity contribution in [1.29, 1.82) is 0 Å². The standard InChI is InChI=1S/C18H18N2O4/c1-10-12-9-11(7-8-13(12)20-17(10)21)19-18(22)16-14(23-2)5-4-6-15(16)24-3/h4-10H,1-3H3,(H,19,22)(H,20,21). The molecule has 2 aromatic carbocycles. The Balaban J connectivity index is 1.91. The SMILES string of the molecule is COc1cccc(OC)c1C(=O)Nc1ccc2c(c1)C(C)C(=O)N2. The summed E-state index contributed by atoms with van der Waals surface area (Å²) < 4.78 is 10.5. The van der Waals surface area contributed by atoms with E-state index >= 15 is 0 Å². The van der Waals surface area contributed by atoms with Crippen molar-refractivity contribution in [3.63, 3.8) is 0 Å². The average Bonchev–Trinajstić information content (AvgIpc) is 2.88. The zero-order chi connectivity index (χ0) is 17.3. The van der Waals surface area contributed by atoms with E-state index in [1.807, 2.05) is 6.92 Å². The lowest BCUT2D eigenvalue weighted by Gasteiger charge is -2.13. The van der Waals surface area contributed by atoms with E-state index in [4.69, 9.17) is 9.47 Å². The minimum atomic E-state index is -0.339. The molecule has 124 valence electrons. The zero-order valence-electron chi connectivity index (χ0n) is 13.7. The molecule has 0 aromatic heterocycles.